The molecule has 1 aliphatic heterocycles. The number of benzene rings is 2. The zero-order valence-electron chi connectivity index (χ0n) is 13.2. The summed E-state index contributed by atoms with van der Waals surface area (Å²) in [7, 11) is 0. The maximum Gasteiger partial charge on any atom is 0.292 e. The van der Waals surface area contributed by atoms with E-state index in [-0.39, 0.29) is 29.3 Å². The standard InChI is InChI=1S/C18H15N3O4/c22-20(23)12-5-1-4-11(10-12)17-14-7-2-6-13(14)15-8-3-9-16(21(24)25)18(15)19-17/h1-6,8-10,13-14,17,19H,7H2. The van der Waals surface area contributed by atoms with Crippen molar-refractivity contribution in [1.29, 1.82) is 0 Å². The van der Waals surface area contributed by atoms with Gasteiger partial charge in [0.2, 0.25) is 0 Å². The quantitative estimate of drug-likeness (QED) is 0.510. The van der Waals surface area contributed by atoms with Gasteiger partial charge in [0.25, 0.3) is 11.4 Å². The van der Waals surface area contributed by atoms with Gasteiger partial charge >= 0.3 is 0 Å². The molecule has 2 aromatic rings. The molecule has 2 aliphatic rings. The Morgan fingerprint density at radius 1 is 1.04 bits per heavy atom. The van der Waals surface area contributed by atoms with Gasteiger partial charge < -0.3 is 5.32 Å². The van der Waals surface area contributed by atoms with Crippen molar-refractivity contribution in [3.63, 3.8) is 0 Å². The van der Waals surface area contributed by atoms with Crippen LogP contribution in [0.1, 0.15) is 29.5 Å². The summed E-state index contributed by atoms with van der Waals surface area (Å²) in [5.41, 5.74) is 2.25. The Bertz CT molecular complexity index is 909. The highest BCUT2D eigenvalue weighted by Crippen LogP contribution is 2.52. The molecule has 4 rings (SSSR count). The van der Waals surface area contributed by atoms with E-state index in [9.17, 15) is 20.2 Å². The normalized spacial score (nSPS) is 23.4. The van der Waals surface area contributed by atoms with Gasteiger partial charge in [-0.05, 0) is 23.5 Å². The van der Waals surface area contributed by atoms with Crippen LogP contribution in [0.5, 0.6) is 0 Å². The number of non-ortho nitro benzene ring substituents is 1. The monoisotopic (exact) mass is 337 g/mol. The number of nitrogens with one attached hydrogen (secondary N) is 1. The maximum absolute atomic E-state index is 11.4. The predicted octanol–water partition coefficient (Wildman–Crippen LogP) is 4.33. The summed E-state index contributed by atoms with van der Waals surface area (Å²) in [6.07, 6.45) is 4.99. The number of hydrogen-bond donors (Lipinski definition) is 1. The van der Waals surface area contributed by atoms with Crippen molar-refractivity contribution < 1.29 is 9.85 Å². The SMILES string of the molecule is O=[N+]([O-])c1cccc(C2Nc3c(cccc3[N+](=O)[O-])C3C=CCC32)c1. The molecule has 0 spiro atoms. The number of nitro groups is 2. The lowest BCUT2D eigenvalue weighted by Gasteiger charge is -2.37. The van der Waals surface area contributed by atoms with Gasteiger partial charge in [-0.2, -0.15) is 0 Å². The van der Waals surface area contributed by atoms with E-state index in [1.807, 2.05) is 12.1 Å². The number of anilines is 1. The third kappa shape index (κ3) is 2.44. The Labute approximate surface area is 143 Å². The van der Waals surface area contributed by atoms with Crippen LogP contribution < -0.4 is 5.32 Å². The van der Waals surface area contributed by atoms with E-state index in [0.717, 1.165) is 17.5 Å². The molecule has 0 saturated heterocycles. The number of nitro benzene ring substituents is 2. The van der Waals surface area contributed by atoms with Crippen LogP contribution in [0, 0.1) is 26.1 Å². The first kappa shape index (κ1) is 15.3. The number of nitrogens with zero attached hydrogens (tertiary/aromatic N) is 2. The van der Waals surface area contributed by atoms with Crippen LogP contribution in [-0.2, 0) is 0 Å². The van der Waals surface area contributed by atoms with Gasteiger partial charge in [0.15, 0.2) is 0 Å². The number of hydrogen-bond acceptors (Lipinski definition) is 5. The highest BCUT2D eigenvalue weighted by atomic mass is 16.6. The summed E-state index contributed by atoms with van der Waals surface area (Å²) in [4.78, 5) is 21.7. The van der Waals surface area contributed by atoms with Gasteiger partial charge in [-0.1, -0.05) is 36.4 Å². The molecule has 3 atom stereocenters. The average Bonchev–Trinajstić information content (AvgIpc) is 3.10. The van der Waals surface area contributed by atoms with E-state index in [1.165, 1.54) is 12.1 Å². The molecule has 2 aromatic carbocycles. The molecule has 1 aliphatic carbocycles. The Morgan fingerprint density at radius 3 is 2.60 bits per heavy atom. The summed E-state index contributed by atoms with van der Waals surface area (Å²) in [5, 5.41) is 25.8. The van der Waals surface area contributed by atoms with Gasteiger partial charge in [0, 0.05) is 24.1 Å². The van der Waals surface area contributed by atoms with E-state index in [0.29, 0.717) is 5.69 Å². The van der Waals surface area contributed by atoms with Gasteiger partial charge in [-0.15, -0.1) is 0 Å². The minimum Gasteiger partial charge on any atom is -0.372 e. The number of fused-ring (bicyclic) bond motifs is 3. The Balaban J connectivity index is 1.83. The Hall–Kier alpha value is -3.22. The highest BCUT2D eigenvalue weighted by molar-refractivity contribution is 5.71. The molecule has 126 valence electrons. The Morgan fingerprint density at radius 2 is 1.84 bits per heavy atom. The lowest BCUT2D eigenvalue weighted by Crippen LogP contribution is -2.29. The second kappa shape index (κ2) is 5.70. The van der Waals surface area contributed by atoms with Gasteiger partial charge in [0.1, 0.15) is 5.69 Å². The minimum atomic E-state index is -0.424. The summed E-state index contributed by atoms with van der Waals surface area (Å²) in [5.74, 6) is 0.247. The largest absolute Gasteiger partial charge is 0.372 e. The molecule has 0 aromatic heterocycles. The van der Waals surface area contributed by atoms with Crippen molar-refractivity contribution in [3.05, 3.63) is 86.0 Å². The zero-order chi connectivity index (χ0) is 17.6. The van der Waals surface area contributed by atoms with Gasteiger partial charge in [-0.25, -0.2) is 0 Å². The first-order valence-electron chi connectivity index (χ1n) is 8.01. The Kier molecular flexibility index (Phi) is 3.49. The molecule has 0 amide bonds. The smallest absolute Gasteiger partial charge is 0.292 e. The van der Waals surface area contributed by atoms with Crippen LogP contribution in [0.25, 0.3) is 0 Å². The van der Waals surface area contributed by atoms with Crippen molar-refractivity contribution in [2.75, 3.05) is 5.32 Å². The van der Waals surface area contributed by atoms with Gasteiger partial charge in [-0.3, -0.25) is 20.2 Å². The molecule has 1 N–H and O–H groups in total. The molecule has 3 unspecified atom stereocenters. The van der Waals surface area contributed by atoms with Crippen LogP contribution in [-0.4, -0.2) is 9.85 Å². The fourth-order valence-electron chi connectivity index (χ4n) is 3.92. The van der Waals surface area contributed by atoms with E-state index in [4.69, 9.17) is 0 Å². The third-order valence-electron chi connectivity index (χ3n) is 5.01. The van der Waals surface area contributed by atoms with Crippen LogP contribution in [0.4, 0.5) is 17.1 Å². The lowest BCUT2D eigenvalue weighted by molar-refractivity contribution is -0.384. The molecule has 25 heavy (non-hydrogen) atoms. The van der Waals surface area contributed by atoms with E-state index in [2.05, 4.69) is 17.5 Å². The van der Waals surface area contributed by atoms with Crippen LogP contribution in [0.2, 0.25) is 0 Å². The molecule has 0 radical (unpaired) electrons. The molecule has 1 heterocycles. The van der Waals surface area contributed by atoms with Crippen LogP contribution in [0.3, 0.4) is 0 Å². The van der Waals surface area contributed by atoms with Crippen molar-refractivity contribution in [2.45, 2.75) is 18.4 Å². The van der Waals surface area contributed by atoms with E-state index < -0.39 is 9.85 Å². The van der Waals surface area contributed by atoms with Crippen LogP contribution in [0.15, 0.2) is 54.6 Å². The molecule has 7 nitrogen and oxygen atoms in total. The van der Waals surface area contributed by atoms with Crippen molar-refractivity contribution in [3.8, 4) is 0 Å². The van der Waals surface area contributed by atoms with Crippen molar-refractivity contribution in [1.82, 2.24) is 0 Å². The maximum atomic E-state index is 11.4. The molecule has 7 heteroatoms. The summed E-state index contributed by atoms with van der Waals surface area (Å²) >= 11 is 0. The fraction of sp³-hybridized carbons (Fsp3) is 0.222. The lowest BCUT2D eigenvalue weighted by atomic mass is 9.76. The summed E-state index contributed by atoms with van der Waals surface area (Å²) in [6, 6.07) is 11.4. The van der Waals surface area contributed by atoms with E-state index in [1.54, 1.807) is 18.2 Å². The highest BCUT2D eigenvalue weighted by Gasteiger charge is 2.40. The van der Waals surface area contributed by atoms with Gasteiger partial charge in [0.05, 0.1) is 15.9 Å². The zero-order valence-corrected chi connectivity index (χ0v) is 13.2. The van der Waals surface area contributed by atoms with E-state index >= 15 is 0 Å². The first-order valence-corrected chi connectivity index (χ1v) is 8.01. The first-order chi connectivity index (χ1) is 12.1. The van der Waals surface area contributed by atoms with Crippen LogP contribution >= 0.6 is 0 Å². The topological polar surface area (TPSA) is 98.3 Å². The molecule has 0 fully saturated rings. The average molecular weight is 337 g/mol. The third-order valence-corrected chi connectivity index (χ3v) is 5.01. The predicted molar refractivity (Wildman–Crippen MR) is 92.5 cm³/mol. The number of allylic oxidation sites excluding steroid dienone is 2. The fourth-order valence-corrected chi connectivity index (χ4v) is 3.92. The van der Waals surface area contributed by atoms with Crippen molar-refractivity contribution in [2.24, 2.45) is 5.92 Å². The molecule has 0 bridgehead atoms. The molecular formula is C18H15N3O4. The number of para-hydroxylation sites is 1. The molecular weight excluding hydrogens is 322 g/mol. The minimum absolute atomic E-state index is 0.0233. The van der Waals surface area contributed by atoms with Crippen molar-refractivity contribution >= 4 is 17.1 Å². The summed E-state index contributed by atoms with van der Waals surface area (Å²) < 4.78 is 0. The summed E-state index contributed by atoms with van der Waals surface area (Å²) in [6.45, 7) is 0. The second-order valence-corrected chi connectivity index (χ2v) is 6.33. The second-order valence-electron chi connectivity index (χ2n) is 6.33. The molecule has 0 saturated carbocycles. The number of rotatable bonds is 3.